The number of hydrogen-bond donors (Lipinski definition) is 15. The summed E-state index contributed by atoms with van der Waals surface area (Å²) in [6.07, 6.45) is 18.7. The van der Waals surface area contributed by atoms with Gasteiger partial charge in [-0.3, -0.25) is 52.9 Å². The lowest BCUT2D eigenvalue weighted by Gasteiger charge is -2.27. The van der Waals surface area contributed by atoms with E-state index in [0.717, 1.165) is 19.4 Å². The van der Waals surface area contributed by atoms with Crippen LogP contribution in [0.15, 0.2) is 4.99 Å². The minimum absolute atomic E-state index is 0.0204. The molecule has 0 aliphatic carbocycles. The molecule has 1 aliphatic rings. The molecule has 18 N–H and O–H groups in total. The third kappa shape index (κ3) is 40.0. The van der Waals surface area contributed by atoms with Crippen molar-refractivity contribution in [3.05, 3.63) is 0 Å². The maximum absolute atomic E-state index is 14.5. The van der Waals surface area contributed by atoms with E-state index in [-0.39, 0.29) is 102 Å². The summed E-state index contributed by atoms with van der Waals surface area (Å²) >= 11 is 5.53. The number of guanidine groups is 1. The van der Waals surface area contributed by atoms with Gasteiger partial charge in [-0.25, -0.2) is 0 Å². The molecule has 0 spiro atoms. The second-order valence-electron chi connectivity index (χ2n) is 21.7. The normalized spacial score (nSPS) is 20.2. The van der Waals surface area contributed by atoms with Crippen LogP contribution in [0.5, 0.6) is 0 Å². The predicted molar refractivity (Wildman–Crippen MR) is 327 cm³/mol. The number of aliphatic hydroxyl groups is 1. The number of hydrogen-bond acceptors (Lipinski definition) is 13. The lowest BCUT2D eigenvalue weighted by molar-refractivity contribution is -0.135. The molecule has 3 unspecified atom stereocenters. The number of aliphatic hydroxyl groups excluding tert-OH is 1. The topological polar surface area (TPSA) is 414 Å². The summed E-state index contributed by atoms with van der Waals surface area (Å²) in [6, 6.07) is -6.58. The van der Waals surface area contributed by atoms with Gasteiger partial charge in [-0.15, -0.1) is 0 Å². The molecule has 480 valence electrons. The second-order valence-corrected chi connectivity index (χ2v) is 22.1. The van der Waals surface area contributed by atoms with Gasteiger partial charge in [0.2, 0.25) is 59.1 Å². The van der Waals surface area contributed by atoms with Gasteiger partial charge in [0.25, 0.3) is 0 Å². The van der Waals surface area contributed by atoms with Crippen molar-refractivity contribution in [1.82, 2.24) is 58.5 Å². The summed E-state index contributed by atoms with van der Waals surface area (Å²) in [4.78, 5) is 135. The van der Waals surface area contributed by atoms with Crippen LogP contribution in [0.2, 0.25) is 0 Å². The molecule has 1 heterocycles. The number of nitrogens with zero attached hydrogens (tertiary/aromatic N) is 1. The summed E-state index contributed by atoms with van der Waals surface area (Å²) < 4.78 is 0. The number of nitrogens with two attached hydrogens (primary N) is 3. The molecule has 6 atom stereocenters. The van der Waals surface area contributed by atoms with Gasteiger partial charge in [0, 0.05) is 52.5 Å². The van der Waals surface area contributed by atoms with Gasteiger partial charge in [-0.05, 0) is 109 Å². The fraction of sp³-hybridized carbons (Fsp3) is 0.789. The Morgan fingerprint density at radius 3 is 1.57 bits per heavy atom. The van der Waals surface area contributed by atoms with Crippen molar-refractivity contribution < 1.29 is 53.1 Å². The molecular weight excluding hydrogens is 1100 g/mol. The van der Waals surface area contributed by atoms with E-state index < -0.39 is 83.6 Å². The van der Waals surface area contributed by atoms with Crippen LogP contribution in [0.4, 0.5) is 0 Å². The Balaban J connectivity index is 3.40. The Hall–Kier alpha value is -6.38. The van der Waals surface area contributed by atoms with E-state index in [4.69, 9.17) is 29.4 Å². The highest BCUT2D eigenvalue weighted by atomic mass is 32.1. The number of rotatable bonds is 27. The Bertz CT molecular complexity index is 2030. The molecule has 0 aromatic heterocycles. The number of aliphatic imine (C=N–C) groups is 1. The Labute approximate surface area is 503 Å². The van der Waals surface area contributed by atoms with E-state index in [1.807, 2.05) is 0 Å². The standard InChI is InChI=1S/C57H105N15O11S/c1-4-5-6-7-8-9-10-11-12-13-16-22-35-64-57(84)65-36-25-21-28-43-53(81)70-44(55(83)72-50(40(2)73)51(58)79)29-20-24-34-62-49(78)39-67-47(76)32-18-15-14-17-31-46(75)66-38-48(77)61-33-23-19-27-42(68-41(3)74)52(80)71-45(54(82)69-43)30-26-37-63-56(59)60/h40,42-45,50,73H,4-39H2,1-3H3,(H2,58,79)(H,61,77)(H,62,78)(H,66,75)(H,67,76)(H,68,74)(H,69,82)(H,70,81)(H,71,80)(H,72,83)(H4,59,60,63)(H2,64,65,84)/t40-,42?,43?,44?,45+,50+/m1/s1. The number of carbonyl (C=O) groups excluding carboxylic acids is 10. The van der Waals surface area contributed by atoms with Crippen LogP contribution in [0.25, 0.3) is 0 Å². The SMILES string of the molecule is CCCCCCCCCCCCCCNC(=S)NCCCCC1NC(=O)[C@H](CCCN=C(N)N)NC(=O)C(NC(C)=O)CCCCNC(=O)CNC(=O)CCCCCCC(=O)NCC(=O)NCCCCC(C(=O)N[C@H](C(N)=O)[C@@H](C)O)NC1=O. The minimum atomic E-state index is -1.52. The smallest absolute Gasteiger partial charge is 0.243 e. The molecule has 0 saturated carbocycles. The lowest BCUT2D eigenvalue weighted by atomic mass is 10.0. The van der Waals surface area contributed by atoms with Crippen LogP contribution in [0.3, 0.4) is 0 Å². The fourth-order valence-corrected chi connectivity index (χ4v) is 9.42. The maximum Gasteiger partial charge on any atom is 0.243 e. The predicted octanol–water partition coefficient (Wildman–Crippen LogP) is 0.845. The molecule has 10 amide bonds. The highest BCUT2D eigenvalue weighted by Gasteiger charge is 2.33. The monoisotopic (exact) mass is 1210 g/mol. The highest BCUT2D eigenvalue weighted by molar-refractivity contribution is 7.80. The van der Waals surface area contributed by atoms with Crippen molar-refractivity contribution in [1.29, 1.82) is 0 Å². The van der Waals surface area contributed by atoms with Crippen molar-refractivity contribution in [2.45, 2.75) is 243 Å². The van der Waals surface area contributed by atoms with Crippen LogP contribution >= 0.6 is 12.2 Å². The van der Waals surface area contributed by atoms with E-state index in [1.54, 1.807) is 0 Å². The average Bonchev–Trinajstić information content (AvgIpc) is 3.66. The summed E-state index contributed by atoms with van der Waals surface area (Å²) in [6.45, 7) is 5.78. The van der Waals surface area contributed by atoms with Gasteiger partial charge in [-0.1, -0.05) is 90.4 Å². The molecule has 27 heteroatoms. The Kier molecular flexibility index (Phi) is 43.1. The molecule has 0 radical (unpaired) electrons. The Morgan fingerprint density at radius 1 is 0.595 bits per heavy atom. The average molecular weight is 1210 g/mol. The first kappa shape index (κ1) is 75.6. The van der Waals surface area contributed by atoms with E-state index in [2.05, 4.69) is 70.4 Å². The first-order valence-corrected chi connectivity index (χ1v) is 31.2. The molecular formula is C57H105N15O11S. The summed E-state index contributed by atoms with van der Waals surface area (Å²) in [5.41, 5.74) is 16.6. The Morgan fingerprint density at radius 2 is 1.07 bits per heavy atom. The van der Waals surface area contributed by atoms with Crippen molar-refractivity contribution in [3.63, 3.8) is 0 Å². The number of carbonyl (C=O) groups is 10. The van der Waals surface area contributed by atoms with E-state index in [0.29, 0.717) is 69.4 Å². The minimum Gasteiger partial charge on any atom is -0.391 e. The van der Waals surface area contributed by atoms with Crippen LogP contribution in [-0.2, 0) is 47.9 Å². The van der Waals surface area contributed by atoms with E-state index in [9.17, 15) is 53.1 Å². The molecule has 1 aliphatic heterocycles. The van der Waals surface area contributed by atoms with Crippen LogP contribution in [0, 0.1) is 0 Å². The van der Waals surface area contributed by atoms with Crippen molar-refractivity contribution in [2.75, 3.05) is 45.8 Å². The van der Waals surface area contributed by atoms with Crippen LogP contribution in [-0.4, -0.2) is 157 Å². The second kappa shape index (κ2) is 47.9. The van der Waals surface area contributed by atoms with Gasteiger partial charge in [-0.2, -0.15) is 0 Å². The quantitative estimate of drug-likeness (QED) is 0.0235. The molecule has 1 fully saturated rings. The zero-order valence-corrected chi connectivity index (χ0v) is 51.4. The maximum atomic E-state index is 14.5. The molecule has 1 rings (SSSR count). The van der Waals surface area contributed by atoms with Crippen LogP contribution in [0.1, 0.15) is 207 Å². The van der Waals surface area contributed by atoms with Crippen LogP contribution < -0.4 is 75.7 Å². The largest absolute Gasteiger partial charge is 0.391 e. The molecule has 0 aromatic rings. The summed E-state index contributed by atoms with van der Waals surface area (Å²) in [5.74, 6) is -6.36. The molecule has 26 nitrogen and oxygen atoms in total. The number of amides is 10. The highest BCUT2D eigenvalue weighted by Crippen LogP contribution is 2.13. The van der Waals surface area contributed by atoms with Crippen molar-refractivity contribution in [2.24, 2.45) is 22.2 Å². The van der Waals surface area contributed by atoms with E-state index >= 15 is 0 Å². The number of unbranched alkanes of at least 4 members (excludes halogenated alkanes) is 12. The summed E-state index contributed by atoms with van der Waals surface area (Å²) in [5, 5.41) is 41.1. The van der Waals surface area contributed by atoms with E-state index in [1.165, 1.54) is 78.1 Å². The molecule has 1 saturated heterocycles. The third-order valence-corrected chi connectivity index (χ3v) is 14.4. The number of thiocarbonyl (C=S) groups is 1. The van der Waals surface area contributed by atoms with Gasteiger partial charge >= 0.3 is 0 Å². The molecule has 0 bridgehead atoms. The molecule has 84 heavy (non-hydrogen) atoms. The fourth-order valence-electron chi connectivity index (χ4n) is 9.22. The van der Waals surface area contributed by atoms with Crippen molar-refractivity contribution in [3.8, 4) is 0 Å². The zero-order valence-electron chi connectivity index (χ0n) is 50.5. The van der Waals surface area contributed by atoms with Gasteiger partial charge in [0.15, 0.2) is 11.1 Å². The van der Waals surface area contributed by atoms with Crippen molar-refractivity contribution >= 4 is 82.4 Å². The van der Waals surface area contributed by atoms with Gasteiger partial charge in [0.05, 0.1) is 19.2 Å². The summed E-state index contributed by atoms with van der Waals surface area (Å²) in [7, 11) is 0. The lowest BCUT2D eigenvalue weighted by Crippen LogP contribution is -2.59. The van der Waals surface area contributed by atoms with Gasteiger partial charge < -0.3 is 80.8 Å². The third-order valence-electron chi connectivity index (χ3n) is 14.1. The first-order valence-electron chi connectivity index (χ1n) is 30.8. The molecule has 0 aromatic carbocycles. The van der Waals surface area contributed by atoms with Gasteiger partial charge in [0.1, 0.15) is 30.2 Å². The number of nitrogens with one attached hydrogen (secondary N) is 11. The first-order chi connectivity index (χ1) is 40.2. The number of primary amides is 1. The zero-order chi connectivity index (χ0) is 62.3.